The summed E-state index contributed by atoms with van der Waals surface area (Å²) in [5.41, 5.74) is 1.26. The Bertz CT molecular complexity index is 788. The van der Waals surface area contributed by atoms with Gasteiger partial charge in [0.25, 0.3) is 0 Å². The molecule has 0 aliphatic carbocycles. The second-order valence-electron chi connectivity index (χ2n) is 5.96. The summed E-state index contributed by atoms with van der Waals surface area (Å²) in [7, 11) is -3.45. The van der Waals surface area contributed by atoms with Gasteiger partial charge in [-0.2, -0.15) is 4.31 Å². The van der Waals surface area contributed by atoms with E-state index in [0.29, 0.717) is 28.5 Å². The quantitative estimate of drug-likeness (QED) is 0.776. The van der Waals surface area contributed by atoms with Gasteiger partial charge in [-0.25, -0.2) is 8.42 Å². The standard InChI is InChI=1S/C18H21BrN2O2S/c1-15(16-7-3-2-4-8-16)20-11-13-21(14-12-20)24(22,23)18-10-6-5-9-17(18)19/h2-10,15H,11-14H2,1H3. The van der Waals surface area contributed by atoms with Crippen LogP contribution in [-0.2, 0) is 10.0 Å². The molecular formula is C18H21BrN2O2S. The highest BCUT2D eigenvalue weighted by atomic mass is 79.9. The zero-order valence-electron chi connectivity index (χ0n) is 13.6. The van der Waals surface area contributed by atoms with E-state index in [1.807, 2.05) is 24.3 Å². The smallest absolute Gasteiger partial charge is 0.244 e. The summed E-state index contributed by atoms with van der Waals surface area (Å²) < 4.78 is 27.9. The van der Waals surface area contributed by atoms with E-state index in [1.165, 1.54) is 5.56 Å². The van der Waals surface area contributed by atoms with Gasteiger partial charge in [0.2, 0.25) is 10.0 Å². The molecule has 24 heavy (non-hydrogen) atoms. The lowest BCUT2D eigenvalue weighted by atomic mass is 10.1. The molecule has 1 fully saturated rings. The Hall–Kier alpha value is -1.21. The summed E-state index contributed by atoms with van der Waals surface area (Å²) in [5, 5.41) is 0. The molecular weight excluding hydrogens is 388 g/mol. The first kappa shape index (κ1) is 17.6. The van der Waals surface area contributed by atoms with Crippen LogP contribution in [0.25, 0.3) is 0 Å². The van der Waals surface area contributed by atoms with Crippen LogP contribution in [0, 0.1) is 0 Å². The third-order valence-corrected chi connectivity index (χ3v) is 7.47. The summed E-state index contributed by atoms with van der Waals surface area (Å²) in [6, 6.07) is 17.6. The Labute approximate surface area is 152 Å². The van der Waals surface area contributed by atoms with E-state index in [0.717, 1.165) is 13.1 Å². The van der Waals surface area contributed by atoms with Crippen molar-refractivity contribution in [2.45, 2.75) is 17.9 Å². The predicted octanol–water partition coefficient (Wildman–Crippen LogP) is 3.52. The number of nitrogens with zero attached hydrogens (tertiary/aromatic N) is 2. The molecule has 6 heteroatoms. The molecule has 0 saturated carbocycles. The molecule has 1 atom stereocenters. The largest absolute Gasteiger partial charge is 0.294 e. The average Bonchev–Trinajstić information content (AvgIpc) is 2.62. The highest BCUT2D eigenvalue weighted by Crippen LogP contribution is 2.27. The van der Waals surface area contributed by atoms with Crippen molar-refractivity contribution in [1.82, 2.24) is 9.21 Å². The molecule has 1 saturated heterocycles. The molecule has 0 radical (unpaired) electrons. The van der Waals surface area contributed by atoms with Gasteiger partial charge in [-0.3, -0.25) is 4.90 Å². The van der Waals surface area contributed by atoms with Crippen molar-refractivity contribution in [1.29, 1.82) is 0 Å². The summed E-state index contributed by atoms with van der Waals surface area (Å²) in [6.07, 6.45) is 0. The van der Waals surface area contributed by atoms with Crippen LogP contribution in [0.5, 0.6) is 0 Å². The monoisotopic (exact) mass is 408 g/mol. The summed E-state index contributed by atoms with van der Waals surface area (Å²) in [5.74, 6) is 0. The van der Waals surface area contributed by atoms with E-state index in [-0.39, 0.29) is 0 Å². The Morgan fingerprint density at radius 2 is 1.50 bits per heavy atom. The molecule has 1 aliphatic rings. The zero-order chi connectivity index (χ0) is 17.2. The minimum atomic E-state index is -3.45. The Kier molecular flexibility index (Phi) is 5.39. The van der Waals surface area contributed by atoms with Gasteiger partial charge in [0.15, 0.2) is 0 Å². The molecule has 1 aliphatic heterocycles. The molecule has 0 aromatic heterocycles. The van der Waals surface area contributed by atoms with Crippen LogP contribution in [0.4, 0.5) is 0 Å². The van der Waals surface area contributed by atoms with Crippen LogP contribution >= 0.6 is 15.9 Å². The number of rotatable bonds is 4. The van der Waals surface area contributed by atoms with Gasteiger partial charge in [-0.15, -0.1) is 0 Å². The van der Waals surface area contributed by atoms with Crippen molar-refractivity contribution in [3.05, 3.63) is 64.6 Å². The Morgan fingerprint density at radius 3 is 2.12 bits per heavy atom. The van der Waals surface area contributed by atoms with Gasteiger partial charge in [0, 0.05) is 36.7 Å². The molecule has 0 N–H and O–H groups in total. The molecule has 4 nitrogen and oxygen atoms in total. The average molecular weight is 409 g/mol. The SMILES string of the molecule is CC(c1ccccc1)N1CCN(S(=O)(=O)c2ccccc2Br)CC1. The van der Waals surface area contributed by atoms with Crippen molar-refractivity contribution in [3.63, 3.8) is 0 Å². The van der Waals surface area contributed by atoms with Crippen molar-refractivity contribution in [3.8, 4) is 0 Å². The van der Waals surface area contributed by atoms with Gasteiger partial charge in [-0.05, 0) is 40.5 Å². The second kappa shape index (κ2) is 7.35. The lowest BCUT2D eigenvalue weighted by molar-refractivity contribution is 0.146. The van der Waals surface area contributed by atoms with E-state index in [1.54, 1.807) is 22.5 Å². The minimum Gasteiger partial charge on any atom is -0.294 e. The summed E-state index contributed by atoms with van der Waals surface area (Å²) in [6.45, 7) is 4.68. The molecule has 3 rings (SSSR count). The van der Waals surface area contributed by atoms with Crippen LogP contribution in [0.1, 0.15) is 18.5 Å². The van der Waals surface area contributed by atoms with Crippen LogP contribution < -0.4 is 0 Å². The normalized spacial score (nSPS) is 18.4. The van der Waals surface area contributed by atoms with Crippen molar-refractivity contribution >= 4 is 26.0 Å². The topological polar surface area (TPSA) is 40.6 Å². The third-order valence-electron chi connectivity index (χ3n) is 4.56. The first-order chi connectivity index (χ1) is 11.5. The second-order valence-corrected chi connectivity index (χ2v) is 8.72. The number of hydrogen-bond donors (Lipinski definition) is 0. The van der Waals surface area contributed by atoms with Gasteiger partial charge in [0.05, 0.1) is 4.90 Å². The first-order valence-electron chi connectivity index (χ1n) is 8.04. The molecule has 2 aromatic carbocycles. The summed E-state index contributed by atoms with van der Waals surface area (Å²) >= 11 is 3.35. The molecule has 1 unspecified atom stereocenters. The number of hydrogen-bond acceptors (Lipinski definition) is 3. The Balaban J connectivity index is 1.70. The van der Waals surface area contributed by atoms with E-state index in [2.05, 4.69) is 39.9 Å². The van der Waals surface area contributed by atoms with Crippen LogP contribution in [0.2, 0.25) is 0 Å². The van der Waals surface area contributed by atoms with E-state index in [4.69, 9.17) is 0 Å². The highest BCUT2D eigenvalue weighted by molar-refractivity contribution is 9.10. The van der Waals surface area contributed by atoms with Gasteiger partial charge in [-0.1, -0.05) is 42.5 Å². The molecule has 128 valence electrons. The lowest BCUT2D eigenvalue weighted by Gasteiger charge is -2.37. The van der Waals surface area contributed by atoms with Crippen molar-refractivity contribution < 1.29 is 8.42 Å². The fourth-order valence-corrected chi connectivity index (χ4v) is 5.45. The van der Waals surface area contributed by atoms with E-state index < -0.39 is 10.0 Å². The van der Waals surface area contributed by atoms with Gasteiger partial charge >= 0.3 is 0 Å². The summed E-state index contributed by atoms with van der Waals surface area (Å²) in [4.78, 5) is 2.68. The van der Waals surface area contributed by atoms with Gasteiger partial charge < -0.3 is 0 Å². The molecule has 2 aromatic rings. The van der Waals surface area contributed by atoms with Crippen LogP contribution in [0.15, 0.2) is 64.0 Å². The molecule has 0 bridgehead atoms. The fraction of sp³-hybridized carbons (Fsp3) is 0.333. The predicted molar refractivity (Wildman–Crippen MR) is 99.3 cm³/mol. The minimum absolute atomic E-state index is 0.291. The van der Waals surface area contributed by atoms with Crippen LogP contribution in [0.3, 0.4) is 0 Å². The highest BCUT2D eigenvalue weighted by Gasteiger charge is 2.31. The number of piperazine rings is 1. The zero-order valence-corrected chi connectivity index (χ0v) is 16.0. The number of sulfonamides is 1. The maximum absolute atomic E-state index is 12.8. The maximum atomic E-state index is 12.8. The molecule has 0 spiro atoms. The Morgan fingerprint density at radius 1 is 0.917 bits per heavy atom. The first-order valence-corrected chi connectivity index (χ1v) is 10.3. The molecule has 0 amide bonds. The number of halogens is 1. The van der Waals surface area contributed by atoms with Gasteiger partial charge in [0.1, 0.15) is 0 Å². The van der Waals surface area contributed by atoms with Crippen molar-refractivity contribution in [2.75, 3.05) is 26.2 Å². The maximum Gasteiger partial charge on any atom is 0.244 e. The van der Waals surface area contributed by atoms with Crippen LogP contribution in [-0.4, -0.2) is 43.8 Å². The lowest BCUT2D eigenvalue weighted by Crippen LogP contribution is -2.49. The van der Waals surface area contributed by atoms with Crippen molar-refractivity contribution in [2.24, 2.45) is 0 Å². The molecule has 1 heterocycles. The number of benzene rings is 2. The van der Waals surface area contributed by atoms with E-state index >= 15 is 0 Å². The fourth-order valence-electron chi connectivity index (χ4n) is 3.07. The van der Waals surface area contributed by atoms with E-state index in [9.17, 15) is 8.42 Å². The third kappa shape index (κ3) is 3.57.